The average molecular weight is 275 g/mol. The zero-order valence-electron chi connectivity index (χ0n) is 11.1. The second-order valence-electron chi connectivity index (χ2n) is 5.07. The molecular formula is C14H17N3O3. The lowest BCUT2D eigenvalue weighted by Crippen LogP contribution is -2.35. The third-order valence-electron chi connectivity index (χ3n) is 3.50. The van der Waals surface area contributed by atoms with Crippen LogP contribution in [0.4, 0.5) is 16.2 Å². The molecular weight excluding hydrogens is 258 g/mol. The fourth-order valence-electron chi connectivity index (χ4n) is 2.49. The molecule has 1 fully saturated rings. The summed E-state index contributed by atoms with van der Waals surface area (Å²) in [5.74, 6) is -0.0139. The zero-order valence-corrected chi connectivity index (χ0v) is 11.1. The highest BCUT2D eigenvalue weighted by Gasteiger charge is 2.18. The Morgan fingerprint density at radius 3 is 3.15 bits per heavy atom. The lowest BCUT2D eigenvalue weighted by atomic mass is 10.1. The SMILES string of the molecule is O=C1Cc2cc(NC(=O)NC[C@H]3CCCO3)ccc2N1. The number of amides is 3. The van der Waals surface area contributed by atoms with E-state index in [9.17, 15) is 9.59 Å². The minimum Gasteiger partial charge on any atom is -0.376 e. The van der Waals surface area contributed by atoms with E-state index in [2.05, 4.69) is 16.0 Å². The number of hydrogen-bond donors (Lipinski definition) is 3. The maximum absolute atomic E-state index is 11.8. The molecule has 3 N–H and O–H groups in total. The van der Waals surface area contributed by atoms with Crippen molar-refractivity contribution in [2.45, 2.75) is 25.4 Å². The molecule has 20 heavy (non-hydrogen) atoms. The van der Waals surface area contributed by atoms with Crippen LogP contribution in [0.1, 0.15) is 18.4 Å². The minimum absolute atomic E-state index is 0.0139. The van der Waals surface area contributed by atoms with Crippen LogP contribution in [0.3, 0.4) is 0 Å². The second-order valence-corrected chi connectivity index (χ2v) is 5.07. The van der Waals surface area contributed by atoms with E-state index in [1.807, 2.05) is 6.07 Å². The van der Waals surface area contributed by atoms with Crippen LogP contribution in [0.25, 0.3) is 0 Å². The van der Waals surface area contributed by atoms with Crippen LogP contribution >= 0.6 is 0 Å². The Bertz CT molecular complexity index is 538. The van der Waals surface area contributed by atoms with E-state index in [1.165, 1.54) is 0 Å². The second kappa shape index (κ2) is 5.50. The van der Waals surface area contributed by atoms with Crippen molar-refractivity contribution in [2.75, 3.05) is 23.8 Å². The van der Waals surface area contributed by atoms with Crippen LogP contribution < -0.4 is 16.0 Å². The predicted molar refractivity (Wildman–Crippen MR) is 74.8 cm³/mol. The Labute approximate surface area is 116 Å². The Morgan fingerprint density at radius 1 is 1.45 bits per heavy atom. The molecule has 2 aliphatic heterocycles. The van der Waals surface area contributed by atoms with Crippen molar-refractivity contribution in [1.29, 1.82) is 0 Å². The van der Waals surface area contributed by atoms with Crippen molar-refractivity contribution in [1.82, 2.24) is 5.32 Å². The van der Waals surface area contributed by atoms with Crippen molar-refractivity contribution in [3.05, 3.63) is 23.8 Å². The molecule has 3 amide bonds. The van der Waals surface area contributed by atoms with Crippen LogP contribution in [0, 0.1) is 0 Å². The van der Waals surface area contributed by atoms with Gasteiger partial charge in [-0.2, -0.15) is 0 Å². The highest BCUT2D eigenvalue weighted by Crippen LogP contribution is 2.25. The number of fused-ring (bicyclic) bond motifs is 1. The molecule has 2 heterocycles. The Hall–Kier alpha value is -2.08. The first-order chi connectivity index (χ1) is 9.70. The highest BCUT2D eigenvalue weighted by atomic mass is 16.5. The van der Waals surface area contributed by atoms with Gasteiger partial charge in [-0.3, -0.25) is 4.79 Å². The molecule has 1 atom stereocenters. The van der Waals surface area contributed by atoms with E-state index in [0.717, 1.165) is 30.7 Å². The van der Waals surface area contributed by atoms with Gasteiger partial charge in [-0.1, -0.05) is 0 Å². The third-order valence-corrected chi connectivity index (χ3v) is 3.50. The zero-order chi connectivity index (χ0) is 13.9. The number of ether oxygens (including phenoxy) is 1. The summed E-state index contributed by atoms with van der Waals surface area (Å²) in [7, 11) is 0. The predicted octanol–water partition coefficient (Wildman–Crippen LogP) is 1.48. The molecule has 2 aliphatic rings. The number of rotatable bonds is 3. The average Bonchev–Trinajstić information content (AvgIpc) is 3.04. The number of benzene rings is 1. The van der Waals surface area contributed by atoms with Gasteiger partial charge in [0.25, 0.3) is 0 Å². The van der Waals surface area contributed by atoms with Gasteiger partial charge in [-0.25, -0.2) is 4.79 Å². The van der Waals surface area contributed by atoms with Crippen LogP contribution in [-0.4, -0.2) is 31.2 Å². The van der Waals surface area contributed by atoms with Crippen LogP contribution in [0.5, 0.6) is 0 Å². The highest BCUT2D eigenvalue weighted by molar-refractivity contribution is 6.00. The number of urea groups is 1. The van der Waals surface area contributed by atoms with Gasteiger partial charge in [0.05, 0.1) is 12.5 Å². The molecule has 106 valence electrons. The molecule has 1 aromatic carbocycles. The molecule has 6 nitrogen and oxygen atoms in total. The first kappa shape index (κ1) is 12.9. The summed E-state index contributed by atoms with van der Waals surface area (Å²) in [6.45, 7) is 1.30. The summed E-state index contributed by atoms with van der Waals surface area (Å²) in [6.07, 6.45) is 2.54. The normalized spacial score (nSPS) is 20.4. The van der Waals surface area contributed by atoms with E-state index in [-0.39, 0.29) is 18.0 Å². The third kappa shape index (κ3) is 2.91. The fraction of sp³-hybridized carbons (Fsp3) is 0.429. The molecule has 6 heteroatoms. The van der Waals surface area contributed by atoms with Crippen LogP contribution in [0.15, 0.2) is 18.2 Å². The van der Waals surface area contributed by atoms with Crippen molar-refractivity contribution in [3.8, 4) is 0 Å². The fourth-order valence-corrected chi connectivity index (χ4v) is 2.49. The van der Waals surface area contributed by atoms with Gasteiger partial charge in [0.2, 0.25) is 5.91 Å². The van der Waals surface area contributed by atoms with E-state index in [0.29, 0.717) is 18.7 Å². The lowest BCUT2D eigenvalue weighted by molar-refractivity contribution is -0.115. The van der Waals surface area contributed by atoms with Gasteiger partial charge in [0.1, 0.15) is 0 Å². The first-order valence-corrected chi connectivity index (χ1v) is 6.80. The van der Waals surface area contributed by atoms with E-state index < -0.39 is 0 Å². The van der Waals surface area contributed by atoms with E-state index in [1.54, 1.807) is 12.1 Å². The lowest BCUT2D eigenvalue weighted by Gasteiger charge is -2.12. The molecule has 0 aliphatic carbocycles. The van der Waals surface area contributed by atoms with Gasteiger partial charge in [-0.15, -0.1) is 0 Å². The Balaban J connectivity index is 1.53. The van der Waals surface area contributed by atoms with Gasteiger partial charge in [0, 0.05) is 24.5 Å². The number of carbonyl (C=O) groups is 2. The number of nitrogens with one attached hydrogen (secondary N) is 3. The van der Waals surface area contributed by atoms with Crippen LogP contribution in [-0.2, 0) is 16.0 Å². The summed E-state index contributed by atoms with van der Waals surface area (Å²) in [5, 5.41) is 8.31. The molecule has 3 rings (SSSR count). The minimum atomic E-state index is -0.252. The van der Waals surface area contributed by atoms with Gasteiger partial charge >= 0.3 is 6.03 Å². The van der Waals surface area contributed by atoms with Crippen molar-refractivity contribution in [2.24, 2.45) is 0 Å². The molecule has 1 saturated heterocycles. The molecule has 0 spiro atoms. The monoisotopic (exact) mass is 275 g/mol. The maximum Gasteiger partial charge on any atom is 0.319 e. The van der Waals surface area contributed by atoms with Crippen molar-refractivity contribution >= 4 is 23.3 Å². The summed E-state index contributed by atoms with van der Waals surface area (Å²) < 4.78 is 5.44. The topological polar surface area (TPSA) is 79.5 Å². The van der Waals surface area contributed by atoms with Gasteiger partial charge in [0.15, 0.2) is 0 Å². The van der Waals surface area contributed by atoms with Gasteiger partial charge < -0.3 is 20.7 Å². The Kier molecular flexibility index (Phi) is 3.56. The smallest absolute Gasteiger partial charge is 0.319 e. The van der Waals surface area contributed by atoms with Gasteiger partial charge in [-0.05, 0) is 36.6 Å². The first-order valence-electron chi connectivity index (χ1n) is 6.80. The van der Waals surface area contributed by atoms with Crippen LogP contribution in [0.2, 0.25) is 0 Å². The number of anilines is 2. The largest absolute Gasteiger partial charge is 0.376 e. The molecule has 0 radical (unpaired) electrons. The Morgan fingerprint density at radius 2 is 2.35 bits per heavy atom. The van der Waals surface area contributed by atoms with Crippen molar-refractivity contribution in [3.63, 3.8) is 0 Å². The maximum atomic E-state index is 11.8. The summed E-state index contributed by atoms with van der Waals surface area (Å²) in [4.78, 5) is 23.0. The number of hydrogen-bond acceptors (Lipinski definition) is 3. The van der Waals surface area contributed by atoms with E-state index in [4.69, 9.17) is 4.74 Å². The molecule has 0 bridgehead atoms. The standard InChI is InChI=1S/C14H17N3O3/c18-13-7-9-6-10(3-4-12(9)17-13)16-14(19)15-8-11-2-1-5-20-11/h3-4,6,11H,1-2,5,7-8H2,(H,17,18)(H2,15,16,19)/t11-/m1/s1. The molecule has 0 saturated carbocycles. The number of carbonyl (C=O) groups excluding carboxylic acids is 2. The quantitative estimate of drug-likeness (QED) is 0.781. The molecule has 0 aromatic heterocycles. The molecule has 0 unspecified atom stereocenters. The van der Waals surface area contributed by atoms with E-state index >= 15 is 0 Å². The summed E-state index contributed by atoms with van der Waals surface area (Å²) in [5.41, 5.74) is 2.41. The molecule has 1 aromatic rings. The summed E-state index contributed by atoms with van der Waals surface area (Å²) in [6, 6.07) is 5.14. The summed E-state index contributed by atoms with van der Waals surface area (Å²) >= 11 is 0. The van der Waals surface area contributed by atoms with Crippen molar-refractivity contribution < 1.29 is 14.3 Å².